The molecule has 7 heteroatoms. The van der Waals surface area contributed by atoms with Crippen LogP contribution in [0.5, 0.6) is 0 Å². The van der Waals surface area contributed by atoms with Crippen molar-refractivity contribution in [3.63, 3.8) is 0 Å². The van der Waals surface area contributed by atoms with Crippen LogP contribution in [0.1, 0.15) is 20.8 Å². The second kappa shape index (κ2) is 7.25. The lowest BCUT2D eigenvalue weighted by Crippen LogP contribution is -2.41. The van der Waals surface area contributed by atoms with Crippen molar-refractivity contribution in [1.29, 1.82) is 0 Å². The fourth-order valence-corrected chi connectivity index (χ4v) is 3.15. The number of amides is 1. The number of nitrogens with zero attached hydrogens (tertiary/aromatic N) is 3. The number of nitrogens with one attached hydrogen (secondary N) is 2. The third kappa shape index (κ3) is 3.95. The van der Waals surface area contributed by atoms with Gasteiger partial charge in [0.25, 0.3) is 0 Å². The highest BCUT2D eigenvalue weighted by Gasteiger charge is 2.22. The van der Waals surface area contributed by atoms with Gasteiger partial charge in [0.2, 0.25) is 5.91 Å². The van der Waals surface area contributed by atoms with Gasteiger partial charge in [0, 0.05) is 16.5 Å². The van der Waals surface area contributed by atoms with E-state index in [4.69, 9.17) is 12.2 Å². The van der Waals surface area contributed by atoms with E-state index in [1.54, 1.807) is 4.80 Å². The van der Waals surface area contributed by atoms with Gasteiger partial charge in [0.1, 0.15) is 11.0 Å². The summed E-state index contributed by atoms with van der Waals surface area (Å²) in [6.07, 6.45) is 0. The van der Waals surface area contributed by atoms with E-state index in [0.717, 1.165) is 33.2 Å². The SMILES string of the molecule is CC(C)(C)C(=O)NC(=S)Nc1ccc2nn(-c3cccc4ccccc34)nc2c1. The Morgan fingerprint density at radius 1 is 0.966 bits per heavy atom. The standard InChI is InChI=1S/C22H21N5OS/c1-22(2,3)20(28)24-21(29)23-15-11-12-17-18(13-15)26-27(25-17)19-10-6-8-14-7-4-5-9-16(14)19/h4-13H,1-3H3,(H2,23,24,28,29). The van der Waals surface area contributed by atoms with E-state index in [-0.39, 0.29) is 11.0 Å². The largest absolute Gasteiger partial charge is 0.332 e. The van der Waals surface area contributed by atoms with Crippen LogP contribution in [0.4, 0.5) is 5.69 Å². The van der Waals surface area contributed by atoms with Gasteiger partial charge < -0.3 is 10.6 Å². The summed E-state index contributed by atoms with van der Waals surface area (Å²) >= 11 is 5.25. The molecule has 0 aliphatic carbocycles. The summed E-state index contributed by atoms with van der Waals surface area (Å²) in [6.45, 7) is 5.51. The number of aromatic nitrogens is 3. The highest BCUT2D eigenvalue weighted by molar-refractivity contribution is 7.80. The van der Waals surface area contributed by atoms with Crippen molar-refractivity contribution in [2.24, 2.45) is 5.41 Å². The number of hydrogen-bond donors (Lipinski definition) is 2. The van der Waals surface area contributed by atoms with Crippen LogP contribution in [-0.4, -0.2) is 26.0 Å². The minimum Gasteiger partial charge on any atom is -0.332 e. The molecule has 0 bridgehead atoms. The van der Waals surface area contributed by atoms with E-state index in [1.807, 2.05) is 63.2 Å². The molecule has 0 aliphatic rings. The van der Waals surface area contributed by atoms with Gasteiger partial charge in [0.05, 0.1) is 5.69 Å². The summed E-state index contributed by atoms with van der Waals surface area (Å²) < 4.78 is 0. The van der Waals surface area contributed by atoms with Crippen molar-refractivity contribution >= 4 is 50.7 Å². The Hall–Kier alpha value is -3.32. The molecule has 0 saturated heterocycles. The molecule has 4 rings (SSSR count). The van der Waals surface area contributed by atoms with E-state index in [1.165, 1.54) is 0 Å². The van der Waals surface area contributed by atoms with Crippen molar-refractivity contribution in [3.05, 3.63) is 60.7 Å². The molecule has 3 aromatic carbocycles. The maximum atomic E-state index is 12.1. The molecule has 1 heterocycles. The predicted molar refractivity (Wildman–Crippen MR) is 120 cm³/mol. The summed E-state index contributed by atoms with van der Waals surface area (Å²) in [5, 5.41) is 17.5. The molecule has 0 unspecified atom stereocenters. The number of carbonyl (C=O) groups excluding carboxylic acids is 1. The van der Waals surface area contributed by atoms with E-state index in [9.17, 15) is 4.79 Å². The van der Waals surface area contributed by atoms with Crippen LogP contribution < -0.4 is 10.6 Å². The molecule has 0 atom stereocenters. The van der Waals surface area contributed by atoms with Gasteiger partial charge in [-0.15, -0.1) is 15.0 Å². The van der Waals surface area contributed by atoms with Crippen LogP contribution in [0.25, 0.3) is 27.5 Å². The molecule has 146 valence electrons. The zero-order chi connectivity index (χ0) is 20.6. The Labute approximate surface area is 173 Å². The van der Waals surface area contributed by atoms with Crippen molar-refractivity contribution < 1.29 is 4.79 Å². The maximum absolute atomic E-state index is 12.1. The van der Waals surface area contributed by atoms with Crippen molar-refractivity contribution in [2.75, 3.05) is 5.32 Å². The molecule has 0 aliphatic heterocycles. The summed E-state index contributed by atoms with van der Waals surface area (Å²) in [5.74, 6) is -0.141. The Kier molecular flexibility index (Phi) is 4.76. The topological polar surface area (TPSA) is 71.8 Å². The predicted octanol–water partition coefficient (Wildman–Crippen LogP) is 4.43. The van der Waals surface area contributed by atoms with Crippen LogP contribution in [0, 0.1) is 5.41 Å². The van der Waals surface area contributed by atoms with Crippen molar-refractivity contribution in [1.82, 2.24) is 20.3 Å². The maximum Gasteiger partial charge on any atom is 0.231 e. The Morgan fingerprint density at radius 2 is 1.69 bits per heavy atom. The minimum atomic E-state index is -0.517. The molecule has 0 radical (unpaired) electrons. The van der Waals surface area contributed by atoms with Crippen LogP contribution in [-0.2, 0) is 4.79 Å². The monoisotopic (exact) mass is 403 g/mol. The number of rotatable bonds is 2. The molecule has 1 amide bonds. The number of fused-ring (bicyclic) bond motifs is 2. The van der Waals surface area contributed by atoms with Crippen LogP contribution in [0.3, 0.4) is 0 Å². The molecule has 1 aromatic heterocycles. The lowest BCUT2D eigenvalue weighted by molar-refractivity contribution is -0.126. The van der Waals surface area contributed by atoms with E-state index in [0.29, 0.717) is 0 Å². The second-order valence-corrected chi connectivity index (χ2v) is 8.26. The zero-order valence-corrected chi connectivity index (χ0v) is 17.2. The highest BCUT2D eigenvalue weighted by atomic mass is 32.1. The third-order valence-electron chi connectivity index (χ3n) is 4.53. The first-order valence-corrected chi connectivity index (χ1v) is 9.70. The van der Waals surface area contributed by atoms with E-state index >= 15 is 0 Å². The van der Waals surface area contributed by atoms with Crippen molar-refractivity contribution in [3.8, 4) is 5.69 Å². The smallest absolute Gasteiger partial charge is 0.231 e. The van der Waals surface area contributed by atoms with Gasteiger partial charge in [-0.1, -0.05) is 57.2 Å². The van der Waals surface area contributed by atoms with Gasteiger partial charge >= 0.3 is 0 Å². The summed E-state index contributed by atoms with van der Waals surface area (Å²) in [5.41, 5.74) is 2.64. The van der Waals surface area contributed by atoms with E-state index < -0.39 is 5.41 Å². The Balaban J connectivity index is 1.61. The zero-order valence-electron chi connectivity index (χ0n) is 16.4. The number of hydrogen-bond acceptors (Lipinski definition) is 4. The first-order valence-electron chi connectivity index (χ1n) is 9.29. The normalized spacial score (nSPS) is 11.6. The first kappa shape index (κ1) is 19.0. The fourth-order valence-electron chi connectivity index (χ4n) is 2.94. The van der Waals surface area contributed by atoms with Gasteiger partial charge in [0.15, 0.2) is 5.11 Å². The molecule has 4 aromatic rings. The molecule has 2 N–H and O–H groups in total. The quantitative estimate of drug-likeness (QED) is 0.485. The summed E-state index contributed by atoms with van der Waals surface area (Å²) in [4.78, 5) is 13.7. The van der Waals surface area contributed by atoms with Crippen LogP contribution in [0.15, 0.2) is 60.7 Å². The highest BCUT2D eigenvalue weighted by Crippen LogP contribution is 2.23. The summed E-state index contributed by atoms with van der Waals surface area (Å²) in [7, 11) is 0. The summed E-state index contributed by atoms with van der Waals surface area (Å²) in [6, 6.07) is 19.8. The van der Waals surface area contributed by atoms with Gasteiger partial charge in [-0.05, 0) is 41.9 Å². The van der Waals surface area contributed by atoms with Gasteiger partial charge in [-0.25, -0.2) is 0 Å². The second-order valence-electron chi connectivity index (χ2n) is 7.85. The lowest BCUT2D eigenvalue weighted by atomic mass is 9.96. The lowest BCUT2D eigenvalue weighted by Gasteiger charge is -2.18. The molecule has 29 heavy (non-hydrogen) atoms. The molecule has 6 nitrogen and oxygen atoms in total. The third-order valence-corrected chi connectivity index (χ3v) is 4.73. The fraction of sp³-hybridized carbons (Fsp3) is 0.182. The van der Waals surface area contributed by atoms with Gasteiger partial charge in [-0.3, -0.25) is 4.79 Å². The molecule has 0 saturated carbocycles. The molecule has 0 spiro atoms. The number of anilines is 1. The molecular weight excluding hydrogens is 382 g/mol. The number of carbonyl (C=O) groups is 1. The number of benzene rings is 3. The van der Waals surface area contributed by atoms with Gasteiger partial charge in [-0.2, -0.15) is 0 Å². The van der Waals surface area contributed by atoms with E-state index in [2.05, 4.69) is 39.0 Å². The average molecular weight is 404 g/mol. The Morgan fingerprint density at radius 3 is 2.48 bits per heavy atom. The minimum absolute atomic E-state index is 0.141. The van der Waals surface area contributed by atoms with Crippen molar-refractivity contribution in [2.45, 2.75) is 20.8 Å². The number of thiocarbonyl (C=S) groups is 1. The molecular formula is C22H21N5OS. The molecule has 0 fully saturated rings. The van der Waals surface area contributed by atoms with Crippen LogP contribution >= 0.6 is 12.2 Å². The average Bonchev–Trinajstić information content (AvgIpc) is 3.09. The first-order chi connectivity index (χ1) is 13.8. The van der Waals surface area contributed by atoms with Crippen LogP contribution in [0.2, 0.25) is 0 Å². The Bertz CT molecular complexity index is 1230.